The van der Waals surface area contributed by atoms with E-state index in [4.69, 9.17) is 9.97 Å². The maximum absolute atomic E-state index is 5.56. The number of fused-ring (bicyclic) bond motifs is 9. The maximum atomic E-state index is 5.56. The van der Waals surface area contributed by atoms with Gasteiger partial charge in [0.25, 0.3) is 0 Å². The first kappa shape index (κ1) is 30.5. The molecule has 0 fully saturated rings. The second kappa shape index (κ2) is 11.4. The zero-order valence-corrected chi connectivity index (χ0v) is 31.2. The molecular formula is C48H33N3SSi. The summed E-state index contributed by atoms with van der Waals surface area (Å²) >= 11 is 1.88. The van der Waals surface area contributed by atoms with E-state index in [-0.39, 0.29) is 0 Å². The Labute approximate surface area is 312 Å². The van der Waals surface area contributed by atoms with Gasteiger partial charge >= 0.3 is 0 Å². The summed E-state index contributed by atoms with van der Waals surface area (Å²) in [6.45, 7) is 4.91. The molecule has 5 heteroatoms. The second-order valence-electron chi connectivity index (χ2n) is 14.6. The largest absolute Gasteiger partial charge is 0.309 e. The highest BCUT2D eigenvalue weighted by Crippen LogP contribution is 2.41. The van der Waals surface area contributed by atoms with Gasteiger partial charge in [0, 0.05) is 47.8 Å². The summed E-state index contributed by atoms with van der Waals surface area (Å²) in [5, 5.41) is 7.87. The molecule has 3 nitrogen and oxygen atoms in total. The summed E-state index contributed by atoms with van der Waals surface area (Å²) in [7, 11) is -2.14. The normalized spacial score (nSPS) is 13.2. The minimum atomic E-state index is -2.14. The SMILES string of the molecule is C[Si]1(C)c2ccccc2-c2nc(-c3cccc(-n4c5ccccc5c5ccccc54)c3)nc(-c3cccc(-c4cccc5c4sc4ccccc45)c3)c21. The van der Waals surface area contributed by atoms with Gasteiger partial charge in [0.1, 0.15) is 8.07 Å². The van der Waals surface area contributed by atoms with Gasteiger partial charge in [-0.15, -0.1) is 11.3 Å². The topological polar surface area (TPSA) is 30.7 Å². The lowest BCUT2D eigenvalue weighted by molar-refractivity contribution is 1.16. The fraction of sp³-hybridized carbons (Fsp3) is 0.0417. The van der Waals surface area contributed by atoms with Crippen molar-refractivity contribution in [2.75, 3.05) is 0 Å². The first-order valence-electron chi connectivity index (χ1n) is 18.2. The van der Waals surface area contributed by atoms with E-state index in [1.54, 1.807) is 0 Å². The molecule has 4 heterocycles. The average Bonchev–Trinajstić information content (AvgIpc) is 3.83. The Morgan fingerprint density at radius 2 is 1.09 bits per heavy atom. The van der Waals surface area contributed by atoms with Gasteiger partial charge < -0.3 is 4.57 Å². The van der Waals surface area contributed by atoms with Crippen molar-refractivity contribution < 1.29 is 0 Å². The van der Waals surface area contributed by atoms with Crippen molar-refractivity contribution in [2.24, 2.45) is 0 Å². The third-order valence-electron chi connectivity index (χ3n) is 11.2. The van der Waals surface area contributed by atoms with E-state index in [1.807, 2.05) is 11.3 Å². The number of thiophene rings is 1. The smallest absolute Gasteiger partial charge is 0.160 e. The van der Waals surface area contributed by atoms with Crippen LogP contribution in [-0.2, 0) is 0 Å². The van der Waals surface area contributed by atoms with Crippen molar-refractivity contribution >= 4 is 71.8 Å². The van der Waals surface area contributed by atoms with E-state index >= 15 is 0 Å². The van der Waals surface area contributed by atoms with Crippen LogP contribution >= 0.6 is 11.3 Å². The Morgan fingerprint density at radius 3 is 1.92 bits per heavy atom. The highest BCUT2D eigenvalue weighted by Gasteiger charge is 2.41. The van der Waals surface area contributed by atoms with Gasteiger partial charge in [-0.1, -0.05) is 140 Å². The zero-order valence-electron chi connectivity index (χ0n) is 29.3. The number of para-hydroxylation sites is 2. The van der Waals surface area contributed by atoms with Crippen LogP contribution in [-0.4, -0.2) is 22.6 Å². The summed E-state index contributed by atoms with van der Waals surface area (Å²) in [6, 6.07) is 59.5. The van der Waals surface area contributed by atoms with E-state index < -0.39 is 8.07 Å². The van der Waals surface area contributed by atoms with E-state index in [9.17, 15) is 0 Å². The predicted octanol–water partition coefficient (Wildman–Crippen LogP) is 11.7. The van der Waals surface area contributed by atoms with Gasteiger partial charge in [0.2, 0.25) is 0 Å². The fourth-order valence-electron chi connectivity index (χ4n) is 8.75. The van der Waals surface area contributed by atoms with Crippen LogP contribution < -0.4 is 10.4 Å². The minimum Gasteiger partial charge on any atom is -0.309 e. The van der Waals surface area contributed by atoms with Gasteiger partial charge in [-0.3, -0.25) is 0 Å². The summed E-state index contributed by atoms with van der Waals surface area (Å²) in [6.07, 6.45) is 0. The molecule has 0 atom stereocenters. The molecule has 53 heavy (non-hydrogen) atoms. The molecule has 0 saturated heterocycles. The Morgan fingerprint density at radius 1 is 0.491 bits per heavy atom. The van der Waals surface area contributed by atoms with Gasteiger partial charge in [-0.05, 0) is 63.5 Å². The highest BCUT2D eigenvalue weighted by atomic mass is 32.1. The molecular weight excluding hydrogens is 679 g/mol. The molecule has 1 aliphatic rings. The Balaban J connectivity index is 1.13. The average molecular weight is 712 g/mol. The molecule has 0 spiro atoms. The number of aromatic nitrogens is 3. The zero-order chi connectivity index (χ0) is 35.3. The lowest BCUT2D eigenvalue weighted by Gasteiger charge is -2.22. The van der Waals surface area contributed by atoms with Crippen LogP contribution in [0.3, 0.4) is 0 Å². The number of hydrogen-bond donors (Lipinski definition) is 0. The van der Waals surface area contributed by atoms with Crippen molar-refractivity contribution in [2.45, 2.75) is 13.1 Å². The van der Waals surface area contributed by atoms with Gasteiger partial charge in [0.05, 0.1) is 22.4 Å². The van der Waals surface area contributed by atoms with Gasteiger partial charge in [-0.25, -0.2) is 9.97 Å². The van der Waals surface area contributed by atoms with Gasteiger partial charge in [0.15, 0.2) is 5.82 Å². The maximum Gasteiger partial charge on any atom is 0.160 e. The third-order valence-corrected chi connectivity index (χ3v) is 15.9. The van der Waals surface area contributed by atoms with Crippen molar-refractivity contribution in [1.29, 1.82) is 0 Å². The van der Waals surface area contributed by atoms with Gasteiger partial charge in [-0.2, -0.15) is 0 Å². The van der Waals surface area contributed by atoms with Crippen molar-refractivity contribution in [3.63, 3.8) is 0 Å². The van der Waals surface area contributed by atoms with Crippen molar-refractivity contribution in [3.8, 4) is 50.7 Å². The highest BCUT2D eigenvalue weighted by molar-refractivity contribution is 7.26. The number of nitrogens with zero attached hydrogens (tertiary/aromatic N) is 3. The fourth-order valence-corrected chi connectivity index (χ4v) is 13.2. The summed E-state index contributed by atoms with van der Waals surface area (Å²) in [5.41, 5.74) is 11.4. The number of hydrogen-bond acceptors (Lipinski definition) is 3. The quantitative estimate of drug-likeness (QED) is 0.170. The van der Waals surface area contributed by atoms with E-state index in [0.29, 0.717) is 0 Å². The molecule has 3 aromatic heterocycles. The first-order valence-corrected chi connectivity index (χ1v) is 22.0. The molecule has 1 aliphatic heterocycles. The Kier molecular flexibility index (Phi) is 6.57. The minimum absolute atomic E-state index is 0.750. The second-order valence-corrected chi connectivity index (χ2v) is 19.9. The Bertz CT molecular complexity index is 3060. The van der Waals surface area contributed by atoms with Crippen LogP contribution in [0.2, 0.25) is 13.1 Å². The number of rotatable bonds is 4. The lowest BCUT2D eigenvalue weighted by atomic mass is 9.99. The van der Waals surface area contributed by atoms with Crippen LogP contribution in [0.25, 0.3) is 92.7 Å². The van der Waals surface area contributed by atoms with E-state index in [1.165, 1.54) is 69.0 Å². The van der Waals surface area contributed by atoms with Crippen LogP contribution in [0.4, 0.5) is 0 Å². The summed E-state index contributed by atoms with van der Waals surface area (Å²) in [5.74, 6) is 0.750. The summed E-state index contributed by atoms with van der Waals surface area (Å²) < 4.78 is 5.01. The third kappa shape index (κ3) is 4.51. The molecule has 10 aromatic rings. The molecule has 0 N–H and O–H groups in total. The molecule has 0 radical (unpaired) electrons. The summed E-state index contributed by atoms with van der Waals surface area (Å²) in [4.78, 5) is 11.0. The van der Waals surface area contributed by atoms with E-state index in [2.05, 4.69) is 181 Å². The molecule has 7 aromatic carbocycles. The molecule has 0 saturated carbocycles. The molecule has 0 amide bonds. The lowest BCUT2D eigenvalue weighted by Crippen LogP contribution is -2.50. The van der Waals surface area contributed by atoms with Crippen LogP contribution in [0, 0.1) is 0 Å². The molecule has 0 unspecified atom stereocenters. The number of benzene rings is 7. The first-order chi connectivity index (χ1) is 26.0. The molecule has 250 valence electrons. The molecule has 11 rings (SSSR count). The van der Waals surface area contributed by atoms with E-state index in [0.717, 1.165) is 34.0 Å². The Hall–Kier alpha value is -6.14. The monoisotopic (exact) mass is 711 g/mol. The standard InChI is InChI=1S/C48H33N3SSi/c1-53(2)43-27-10-6-21-39(43)45-47(53)44(31-15-11-14-30(28-31)34-22-13-23-38-37-20-5-9-26-42(37)52-46(34)38)49-48(50-45)32-16-12-17-33(29-32)51-40-24-7-3-18-35(40)36-19-4-8-25-41(36)51/h3-29H,1-2H3. The molecule has 0 aliphatic carbocycles. The molecule has 0 bridgehead atoms. The predicted molar refractivity (Wildman–Crippen MR) is 228 cm³/mol. The van der Waals surface area contributed by atoms with Crippen molar-refractivity contribution in [3.05, 3.63) is 164 Å². The van der Waals surface area contributed by atoms with Crippen LogP contribution in [0.5, 0.6) is 0 Å². The van der Waals surface area contributed by atoms with Crippen LogP contribution in [0.1, 0.15) is 0 Å². The van der Waals surface area contributed by atoms with Crippen molar-refractivity contribution in [1.82, 2.24) is 14.5 Å². The van der Waals surface area contributed by atoms with Crippen LogP contribution in [0.15, 0.2) is 164 Å².